The Hall–Kier alpha value is -2.40. The van der Waals surface area contributed by atoms with Crippen molar-refractivity contribution in [2.24, 2.45) is 0 Å². The minimum Gasteiger partial charge on any atom is -0.494 e. The van der Waals surface area contributed by atoms with Gasteiger partial charge in [-0.1, -0.05) is 18.2 Å². The van der Waals surface area contributed by atoms with Gasteiger partial charge in [0.25, 0.3) is 0 Å². The number of fused-ring (bicyclic) bond motifs is 1. The predicted molar refractivity (Wildman–Crippen MR) is 79.6 cm³/mol. The molecule has 108 valence electrons. The van der Waals surface area contributed by atoms with Crippen molar-refractivity contribution in [3.05, 3.63) is 59.7 Å². The van der Waals surface area contributed by atoms with E-state index in [1.807, 2.05) is 30.3 Å². The highest BCUT2D eigenvalue weighted by molar-refractivity contribution is 5.74. The number of para-hydroxylation sites is 2. The monoisotopic (exact) mass is 285 g/mol. The zero-order valence-corrected chi connectivity index (χ0v) is 11.7. The van der Waals surface area contributed by atoms with Gasteiger partial charge in [-0.05, 0) is 29.8 Å². The Kier molecular flexibility index (Phi) is 3.83. The van der Waals surface area contributed by atoms with Crippen LogP contribution in [0.15, 0.2) is 42.5 Å². The fourth-order valence-corrected chi connectivity index (χ4v) is 2.23. The average Bonchev–Trinajstić information content (AvgIpc) is 2.90. The fraction of sp³-hybridized carbons (Fsp3) is 0.188. The van der Waals surface area contributed by atoms with Gasteiger partial charge in [-0.15, -0.1) is 0 Å². The van der Waals surface area contributed by atoms with Crippen LogP contribution in [0.2, 0.25) is 0 Å². The van der Waals surface area contributed by atoms with Gasteiger partial charge >= 0.3 is 0 Å². The first-order valence-electron chi connectivity index (χ1n) is 6.73. The lowest BCUT2D eigenvalue weighted by atomic mass is 10.2. The third-order valence-electron chi connectivity index (χ3n) is 3.28. The van der Waals surface area contributed by atoms with Gasteiger partial charge < -0.3 is 15.0 Å². The summed E-state index contributed by atoms with van der Waals surface area (Å²) >= 11 is 0. The Morgan fingerprint density at radius 1 is 1.19 bits per heavy atom. The molecule has 4 nitrogen and oxygen atoms in total. The average molecular weight is 285 g/mol. The summed E-state index contributed by atoms with van der Waals surface area (Å²) in [5, 5.41) is 3.24. The maximum absolute atomic E-state index is 13.6. The molecule has 21 heavy (non-hydrogen) atoms. The number of hydrogen-bond acceptors (Lipinski definition) is 3. The molecule has 0 radical (unpaired) electrons. The molecule has 2 N–H and O–H groups in total. The number of rotatable bonds is 5. The van der Waals surface area contributed by atoms with Crippen LogP contribution in [0.25, 0.3) is 11.0 Å². The van der Waals surface area contributed by atoms with E-state index in [2.05, 4.69) is 15.3 Å². The van der Waals surface area contributed by atoms with Gasteiger partial charge in [0.05, 0.1) is 24.7 Å². The van der Waals surface area contributed by atoms with E-state index >= 15 is 0 Å². The van der Waals surface area contributed by atoms with Crippen LogP contribution in [0.4, 0.5) is 4.39 Å². The number of benzene rings is 2. The minimum atomic E-state index is -0.347. The molecule has 0 bridgehead atoms. The van der Waals surface area contributed by atoms with E-state index in [0.29, 0.717) is 13.1 Å². The van der Waals surface area contributed by atoms with Gasteiger partial charge in [0.15, 0.2) is 11.6 Å². The Bertz CT molecular complexity index is 721. The number of halogens is 1. The molecular weight excluding hydrogens is 269 g/mol. The Labute approximate surface area is 122 Å². The van der Waals surface area contributed by atoms with Crippen LogP contribution in [0, 0.1) is 5.82 Å². The standard InChI is InChI=1S/C16H16FN3O/c1-21-15-7-6-11(8-12(15)17)9-18-10-16-19-13-4-2-3-5-14(13)20-16/h2-8,18H,9-10H2,1H3,(H,19,20). The Morgan fingerprint density at radius 2 is 2.05 bits per heavy atom. The third kappa shape index (κ3) is 3.03. The molecule has 3 aromatic rings. The van der Waals surface area contributed by atoms with Gasteiger partial charge in [0.2, 0.25) is 0 Å². The highest BCUT2D eigenvalue weighted by Gasteiger charge is 2.04. The Morgan fingerprint density at radius 3 is 2.81 bits per heavy atom. The topological polar surface area (TPSA) is 49.9 Å². The molecule has 0 spiro atoms. The number of H-pyrrole nitrogens is 1. The summed E-state index contributed by atoms with van der Waals surface area (Å²) in [7, 11) is 1.46. The molecule has 0 unspecified atom stereocenters. The molecule has 0 saturated heterocycles. The number of aromatic nitrogens is 2. The van der Waals surface area contributed by atoms with Crippen LogP contribution >= 0.6 is 0 Å². The summed E-state index contributed by atoms with van der Waals surface area (Å²) < 4.78 is 18.5. The lowest BCUT2D eigenvalue weighted by Crippen LogP contribution is -2.13. The van der Waals surface area contributed by atoms with Crippen LogP contribution in [0.3, 0.4) is 0 Å². The predicted octanol–water partition coefficient (Wildman–Crippen LogP) is 3.00. The van der Waals surface area contributed by atoms with E-state index in [1.54, 1.807) is 6.07 Å². The van der Waals surface area contributed by atoms with Crippen molar-refractivity contribution < 1.29 is 9.13 Å². The van der Waals surface area contributed by atoms with Gasteiger partial charge in [0.1, 0.15) is 5.82 Å². The molecule has 3 rings (SSSR count). The summed E-state index contributed by atoms with van der Waals surface area (Å²) in [5.74, 6) is 0.779. The van der Waals surface area contributed by atoms with Gasteiger partial charge in [0, 0.05) is 6.54 Å². The number of aromatic amines is 1. The first-order chi connectivity index (χ1) is 10.3. The fourth-order valence-electron chi connectivity index (χ4n) is 2.23. The van der Waals surface area contributed by atoms with E-state index in [4.69, 9.17) is 4.74 Å². The van der Waals surface area contributed by atoms with Crippen molar-refractivity contribution >= 4 is 11.0 Å². The van der Waals surface area contributed by atoms with Crippen molar-refractivity contribution in [3.8, 4) is 5.75 Å². The Balaban J connectivity index is 1.61. The quantitative estimate of drug-likeness (QED) is 0.757. The zero-order valence-electron chi connectivity index (χ0n) is 11.7. The molecule has 2 aromatic carbocycles. The normalized spacial score (nSPS) is 11.0. The van der Waals surface area contributed by atoms with Crippen LogP contribution < -0.4 is 10.1 Å². The number of nitrogens with zero attached hydrogens (tertiary/aromatic N) is 1. The maximum atomic E-state index is 13.6. The van der Waals surface area contributed by atoms with Crippen LogP contribution in [-0.2, 0) is 13.1 Å². The van der Waals surface area contributed by atoms with E-state index in [0.717, 1.165) is 22.4 Å². The van der Waals surface area contributed by atoms with Crippen molar-refractivity contribution in [1.82, 2.24) is 15.3 Å². The zero-order chi connectivity index (χ0) is 14.7. The molecule has 0 atom stereocenters. The second kappa shape index (κ2) is 5.93. The first-order valence-corrected chi connectivity index (χ1v) is 6.73. The van der Waals surface area contributed by atoms with Crippen molar-refractivity contribution in [3.63, 3.8) is 0 Å². The number of nitrogens with one attached hydrogen (secondary N) is 2. The van der Waals surface area contributed by atoms with Crippen molar-refractivity contribution in [1.29, 1.82) is 0 Å². The smallest absolute Gasteiger partial charge is 0.165 e. The molecule has 1 aromatic heterocycles. The van der Waals surface area contributed by atoms with E-state index in [1.165, 1.54) is 13.2 Å². The van der Waals surface area contributed by atoms with Crippen molar-refractivity contribution in [2.45, 2.75) is 13.1 Å². The van der Waals surface area contributed by atoms with E-state index in [9.17, 15) is 4.39 Å². The lowest BCUT2D eigenvalue weighted by molar-refractivity contribution is 0.386. The highest BCUT2D eigenvalue weighted by atomic mass is 19.1. The van der Waals surface area contributed by atoms with Crippen LogP contribution in [-0.4, -0.2) is 17.1 Å². The summed E-state index contributed by atoms with van der Waals surface area (Å²) in [6.07, 6.45) is 0. The van der Waals surface area contributed by atoms with Crippen LogP contribution in [0.1, 0.15) is 11.4 Å². The second-order valence-corrected chi connectivity index (χ2v) is 4.77. The molecule has 0 amide bonds. The number of ether oxygens (including phenoxy) is 1. The summed E-state index contributed by atoms with van der Waals surface area (Å²) in [6.45, 7) is 1.17. The molecular formula is C16H16FN3O. The van der Waals surface area contributed by atoms with E-state index < -0.39 is 0 Å². The molecule has 0 aliphatic rings. The molecule has 1 heterocycles. The van der Waals surface area contributed by atoms with Gasteiger partial charge in [-0.2, -0.15) is 0 Å². The number of methoxy groups -OCH3 is 1. The minimum absolute atomic E-state index is 0.260. The second-order valence-electron chi connectivity index (χ2n) is 4.77. The number of imidazole rings is 1. The summed E-state index contributed by atoms with van der Waals surface area (Å²) in [6, 6.07) is 12.8. The SMILES string of the molecule is COc1ccc(CNCc2nc3ccccc3[nH]2)cc1F. The molecule has 0 aliphatic heterocycles. The summed E-state index contributed by atoms with van der Waals surface area (Å²) in [4.78, 5) is 7.72. The highest BCUT2D eigenvalue weighted by Crippen LogP contribution is 2.17. The van der Waals surface area contributed by atoms with Crippen molar-refractivity contribution in [2.75, 3.05) is 7.11 Å². The first kappa shape index (κ1) is 13.6. The largest absolute Gasteiger partial charge is 0.494 e. The number of hydrogen-bond donors (Lipinski definition) is 2. The van der Waals surface area contributed by atoms with Gasteiger partial charge in [-0.3, -0.25) is 0 Å². The maximum Gasteiger partial charge on any atom is 0.165 e. The molecule has 5 heteroatoms. The van der Waals surface area contributed by atoms with E-state index in [-0.39, 0.29) is 11.6 Å². The van der Waals surface area contributed by atoms with Crippen LogP contribution in [0.5, 0.6) is 5.75 Å². The third-order valence-corrected chi connectivity index (χ3v) is 3.28. The summed E-state index contributed by atoms with van der Waals surface area (Å²) in [5.41, 5.74) is 2.83. The molecule has 0 fully saturated rings. The molecule has 0 aliphatic carbocycles. The van der Waals surface area contributed by atoms with Gasteiger partial charge in [-0.25, -0.2) is 9.37 Å². The molecule has 0 saturated carbocycles. The lowest BCUT2D eigenvalue weighted by Gasteiger charge is -2.06.